The normalized spacial score (nSPS) is 9.50. The van der Waals surface area contributed by atoms with Crippen molar-refractivity contribution in [2.75, 3.05) is 0 Å². The molecule has 0 spiro atoms. The van der Waals surface area contributed by atoms with Gasteiger partial charge in [0, 0.05) is 12.1 Å². The zero-order valence-corrected chi connectivity index (χ0v) is 5.82. The number of nitrogens with two attached hydrogens (primary N) is 1. The van der Waals surface area contributed by atoms with E-state index < -0.39 is 17.3 Å². The van der Waals surface area contributed by atoms with Crippen LogP contribution in [0.25, 0.3) is 0 Å². The van der Waals surface area contributed by atoms with Crippen LogP contribution in [-0.2, 0) is 0 Å². The smallest absolute Gasteiger partial charge is 0.186 e. The predicted octanol–water partition coefficient (Wildman–Crippen LogP) is 1.18. The van der Waals surface area contributed by atoms with E-state index >= 15 is 0 Å². The van der Waals surface area contributed by atoms with E-state index in [9.17, 15) is 9.30 Å². The van der Waals surface area contributed by atoms with Crippen molar-refractivity contribution in [2.24, 2.45) is 11.1 Å². The van der Waals surface area contributed by atoms with Gasteiger partial charge in [-0.05, 0) is 5.18 Å². The van der Waals surface area contributed by atoms with Crippen LogP contribution in [-0.4, -0.2) is 5.11 Å². The van der Waals surface area contributed by atoms with E-state index in [0.717, 1.165) is 12.1 Å². The van der Waals surface area contributed by atoms with Gasteiger partial charge in [0.25, 0.3) is 0 Å². The average Bonchev–Trinajstić information content (AvgIpc) is 2.08. The summed E-state index contributed by atoms with van der Waals surface area (Å²) in [5, 5.41) is 11.3. The number of nitrogens with zero attached hydrogens (tertiary/aromatic N) is 1. The first-order chi connectivity index (χ1) is 5.69. The molecule has 0 atom stereocenters. The molecule has 0 unspecified atom stereocenters. The summed E-state index contributed by atoms with van der Waals surface area (Å²) in [5.74, 6) is 2.97. The van der Waals surface area contributed by atoms with Crippen LogP contribution in [0.4, 0.5) is 10.1 Å². The molecule has 0 saturated carbocycles. The Morgan fingerprint density at radius 1 is 1.58 bits per heavy atom. The van der Waals surface area contributed by atoms with Crippen molar-refractivity contribution < 1.29 is 14.3 Å². The summed E-state index contributed by atoms with van der Waals surface area (Å²) in [6, 6.07) is 1.59. The zero-order valence-electron chi connectivity index (χ0n) is 5.82. The van der Waals surface area contributed by atoms with E-state index in [1.54, 1.807) is 0 Å². The summed E-state index contributed by atoms with van der Waals surface area (Å²) in [6.45, 7) is 0. The zero-order chi connectivity index (χ0) is 9.14. The summed E-state index contributed by atoms with van der Waals surface area (Å²) in [5.41, 5.74) is -0.395. The van der Waals surface area contributed by atoms with Gasteiger partial charge in [0.1, 0.15) is 5.75 Å². The lowest BCUT2D eigenvalue weighted by atomic mass is 10.3. The van der Waals surface area contributed by atoms with E-state index in [1.165, 1.54) is 0 Å². The molecule has 0 bridgehead atoms. The number of hydrogen-bond acceptors (Lipinski definition) is 5. The monoisotopic (exact) mass is 172 g/mol. The molecular weight excluding hydrogens is 167 g/mol. The lowest BCUT2D eigenvalue weighted by Gasteiger charge is -2.01. The molecule has 0 aromatic heterocycles. The number of phenols is 1. The fraction of sp³-hybridized carbons (Fsp3) is 0. The quantitative estimate of drug-likeness (QED) is 0.518. The van der Waals surface area contributed by atoms with Gasteiger partial charge in [0.2, 0.25) is 0 Å². The molecule has 0 aliphatic carbocycles. The number of aromatic hydroxyl groups is 1. The number of phenolic OH excluding ortho intramolecular Hbond substituents is 1. The molecule has 5 nitrogen and oxygen atoms in total. The van der Waals surface area contributed by atoms with E-state index in [1.807, 2.05) is 0 Å². The summed E-state index contributed by atoms with van der Waals surface area (Å²) < 4.78 is 12.7. The number of nitroso groups, excluding NO2 is 1. The Kier molecular flexibility index (Phi) is 2.20. The second kappa shape index (κ2) is 3.14. The third-order valence-corrected chi connectivity index (χ3v) is 1.25. The highest BCUT2D eigenvalue weighted by atomic mass is 19.1. The maximum atomic E-state index is 12.7. The summed E-state index contributed by atoms with van der Waals surface area (Å²) in [7, 11) is 0. The first kappa shape index (κ1) is 8.41. The van der Waals surface area contributed by atoms with Crippen LogP contribution in [0.5, 0.6) is 11.5 Å². The van der Waals surface area contributed by atoms with Gasteiger partial charge in [-0.3, -0.25) is 0 Å². The minimum Gasteiger partial charge on any atom is -0.505 e. The van der Waals surface area contributed by atoms with Crippen molar-refractivity contribution in [1.29, 1.82) is 0 Å². The molecule has 1 aromatic carbocycles. The van der Waals surface area contributed by atoms with E-state index in [-0.39, 0.29) is 5.75 Å². The molecule has 0 radical (unpaired) electrons. The van der Waals surface area contributed by atoms with Crippen LogP contribution in [0.15, 0.2) is 17.3 Å². The minimum atomic E-state index is -0.857. The first-order valence-corrected chi connectivity index (χ1v) is 2.91. The molecule has 0 heterocycles. The van der Waals surface area contributed by atoms with Crippen LogP contribution in [0.2, 0.25) is 0 Å². The highest BCUT2D eigenvalue weighted by molar-refractivity contribution is 5.54. The van der Waals surface area contributed by atoms with Gasteiger partial charge in [-0.2, -0.15) is 5.90 Å². The van der Waals surface area contributed by atoms with Crippen LogP contribution in [0.1, 0.15) is 0 Å². The number of rotatable bonds is 2. The van der Waals surface area contributed by atoms with Crippen LogP contribution in [0, 0.1) is 10.7 Å². The van der Waals surface area contributed by atoms with Gasteiger partial charge in [-0.25, -0.2) is 4.39 Å². The highest BCUT2D eigenvalue weighted by Gasteiger charge is 2.09. The third kappa shape index (κ3) is 1.32. The molecule has 0 amide bonds. The van der Waals surface area contributed by atoms with Gasteiger partial charge < -0.3 is 9.94 Å². The van der Waals surface area contributed by atoms with Crippen molar-refractivity contribution >= 4 is 5.69 Å². The molecule has 0 fully saturated rings. The van der Waals surface area contributed by atoms with Gasteiger partial charge >= 0.3 is 0 Å². The molecule has 3 N–H and O–H groups in total. The Bertz CT molecular complexity index is 316. The molecule has 0 saturated heterocycles. The number of halogens is 1. The predicted molar refractivity (Wildman–Crippen MR) is 38.3 cm³/mol. The maximum absolute atomic E-state index is 12.7. The lowest BCUT2D eigenvalue weighted by molar-refractivity contribution is 0.313. The molecular formula is C6H5FN2O3. The molecule has 0 aliphatic heterocycles. The second-order valence-corrected chi connectivity index (χ2v) is 1.98. The van der Waals surface area contributed by atoms with Crippen LogP contribution < -0.4 is 10.7 Å². The van der Waals surface area contributed by atoms with E-state index in [4.69, 9.17) is 5.11 Å². The summed E-state index contributed by atoms with van der Waals surface area (Å²) >= 11 is 0. The standard InChI is InChI=1S/C6H5FN2O3/c7-3-1-4(9-11)5(10)2-6(3)12-8/h1-2,10H,8H2. The molecule has 12 heavy (non-hydrogen) atoms. The maximum Gasteiger partial charge on any atom is 0.186 e. The Labute approximate surface area is 66.5 Å². The Balaban J connectivity index is 3.25. The molecule has 6 heteroatoms. The topological polar surface area (TPSA) is 84.9 Å². The fourth-order valence-corrected chi connectivity index (χ4v) is 0.696. The largest absolute Gasteiger partial charge is 0.505 e. The minimum absolute atomic E-state index is 0.347. The number of benzene rings is 1. The lowest BCUT2D eigenvalue weighted by Crippen LogP contribution is -2.03. The highest BCUT2D eigenvalue weighted by Crippen LogP contribution is 2.32. The number of hydrogen-bond donors (Lipinski definition) is 2. The summed E-state index contributed by atoms with van der Waals surface area (Å²) in [6.07, 6.45) is 0. The Hall–Kier alpha value is -1.69. The van der Waals surface area contributed by atoms with Crippen molar-refractivity contribution in [3.05, 3.63) is 22.9 Å². The average molecular weight is 172 g/mol. The third-order valence-electron chi connectivity index (χ3n) is 1.25. The van der Waals surface area contributed by atoms with Gasteiger partial charge in [-0.1, -0.05) is 0 Å². The van der Waals surface area contributed by atoms with Crippen LogP contribution in [0.3, 0.4) is 0 Å². The van der Waals surface area contributed by atoms with Crippen molar-refractivity contribution in [3.8, 4) is 11.5 Å². The van der Waals surface area contributed by atoms with Crippen LogP contribution >= 0.6 is 0 Å². The van der Waals surface area contributed by atoms with Crippen molar-refractivity contribution in [1.82, 2.24) is 0 Å². The Morgan fingerprint density at radius 2 is 2.25 bits per heavy atom. The fourth-order valence-electron chi connectivity index (χ4n) is 0.696. The van der Waals surface area contributed by atoms with Gasteiger partial charge in [0.05, 0.1) is 0 Å². The molecule has 1 aromatic rings. The molecule has 1 rings (SSSR count). The first-order valence-electron chi connectivity index (χ1n) is 2.91. The van der Waals surface area contributed by atoms with E-state index in [2.05, 4.69) is 15.9 Å². The van der Waals surface area contributed by atoms with Gasteiger partial charge in [-0.15, -0.1) is 4.91 Å². The van der Waals surface area contributed by atoms with Gasteiger partial charge in [0.15, 0.2) is 17.3 Å². The summed E-state index contributed by atoms with van der Waals surface area (Å²) in [4.78, 5) is 14.0. The SMILES string of the molecule is NOc1cc(O)c(N=O)cc1F. The molecule has 64 valence electrons. The van der Waals surface area contributed by atoms with Crippen molar-refractivity contribution in [3.63, 3.8) is 0 Å². The second-order valence-electron chi connectivity index (χ2n) is 1.98. The molecule has 0 aliphatic rings. The van der Waals surface area contributed by atoms with E-state index in [0.29, 0.717) is 0 Å². The Morgan fingerprint density at radius 3 is 2.75 bits per heavy atom. The van der Waals surface area contributed by atoms with Crippen molar-refractivity contribution in [2.45, 2.75) is 0 Å².